The van der Waals surface area contributed by atoms with Gasteiger partial charge in [0.2, 0.25) is 15.9 Å². The van der Waals surface area contributed by atoms with Gasteiger partial charge in [-0.1, -0.05) is 23.7 Å². The predicted molar refractivity (Wildman–Crippen MR) is 121 cm³/mol. The SMILES string of the molecule is Cc1ccc(C)c(OCC(=O)NNC(=O)C2CCN(S(=O)(=O)c3ccc(F)c(Cl)c3)CC2)c1. The van der Waals surface area contributed by atoms with Gasteiger partial charge in [-0.3, -0.25) is 20.4 Å². The Kier molecular flexibility index (Phi) is 7.93. The van der Waals surface area contributed by atoms with Gasteiger partial charge in [0, 0.05) is 19.0 Å². The Hall–Kier alpha value is -2.69. The summed E-state index contributed by atoms with van der Waals surface area (Å²) in [6.07, 6.45) is 0.545. The van der Waals surface area contributed by atoms with Crippen molar-refractivity contribution in [3.8, 4) is 5.75 Å². The molecule has 2 aromatic rings. The summed E-state index contributed by atoms with van der Waals surface area (Å²) in [7, 11) is -3.85. The van der Waals surface area contributed by atoms with E-state index in [0.717, 1.165) is 29.3 Å². The smallest absolute Gasteiger partial charge is 0.276 e. The van der Waals surface area contributed by atoms with Gasteiger partial charge in [0.1, 0.15) is 11.6 Å². The highest BCUT2D eigenvalue weighted by Crippen LogP contribution is 2.26. The number of amides is 2. The Balaban J connectivity index is 1.46. The first-order chi connectivity index (χ1) is 15.6. The summed E-state index contributed by atoms with van der Waals surface area (Å²) in [5.41, 5.74) is 6.58. The number of carbonyl (C=O) groups excluding carboxylic acids is 2. The number of piperidine rings is 1. The molecule has 0 radical (unpaired) electrons. The number of ether oxygens (including phenoxy) is 1. The van der Waals surface area contributed by atoms with E-state index in [2.05, 4.69) is 10.9 Å². The van der Waals surface area contributed by atoms with Crippen molar-refractivity contribution in [2.24, 2.45) is 5.92 Å². The number of hydrazine groups is 1. The molecule has 1 fully saturated rings. The number of rotatable bonds is 6. The molecule has 0 saturated carbocycles. The lowest BCUT2D eigenvalue weighted by Gasteiger charge is -2.30. The third-order valence-electron chi connectivity index (χ3n) is 5.38. The van der Waals surface area contributed by atoms with Crippen molar-refractivity contribution in [3.63, 3.8) is 0 Å². The number of aryl methyl sites for hydroxylation is 2. The first-order valence-electron chi connectivity index (χ1n) is 10.3. The van der Waals surface area contributed by atoms with Gasteiger partial charge < -0.3 is 4.74 Å². The summed E-state index contributed by atoms with van der Waals surface area (Å²) in [5.74, 6) is -1.50. The molecule has 0 aromatic heterocycles. The van der Waals surface area contributed by atoms with Gasteiger partial charge in [0.15, 0.2) is 6.61 Å². The highest BCUT2D eigenvalue weighted by molar-refractivity contribution is 7.89. The maximum Gasteiger partial charge on any atom is 0.276 e. The van der Waals surface area contributed by atoms with E-state index in [1.165, 1.54) is 4.31 Å². The summed E-state index contributed by atoms with van der Waals surface area (Å²) >= 11 is 5.70. The van der Waals surface area contributed by atoms with E-state index in [-0.39, 0.29) is 42.5 Å². The van der Waals surface area contributed by atoms with Crippen LogP contribution in [0.15, 0.2) is 41.3 Å². The van der Waals surface area contributed by atoms with Crippen molar-refractivity contribution in [1.82, 2.24) is 15.2 Å². The number of carbonyl (C=O) groups is 2. The fourth-order valence-corrected chi connectivity index (χ4v) is 5.16. The van der Waals surface area contributed by atoms with Crippen LogP contribution in [0.3, 0.4) is 0 Å². The molecule has 3 rings (SSSR count). The van der Waals surface area contributed by atoms with Gasteiger partial charge in [-0.05, 0) is 62.1 Å². The zero-order valence-corrected chi connectivity index (χ0v) is 19.8. The molecule has 33 heavy (non-hydrogen) atoms. The summed E-state index contributed by atoms with van der Waals surface area (Å²) in [6.45, 7) is 3.74. The molecule has 2 N–H and O–H groups in total. The third-order valence-corrected chi connectivity index (χ3v) is 7.57. The molecule has 0 spiro atoms. The van der Waals surface area contributed by atoms with Crippen molar-refractivity contribution in [2.45, 2.75) is 31.6 Å². The van der Waals surface area contributed by atoms with Gasteiger partial charge in [0.05, 0.1) is 9.92 Å². The number of halogens is 2. The van der Waals surface area contributed by atoms with Crippen LogP contribution in [0.4, 0.5) is 4.39 Å². The van der Waals surface area contributed by atoms with Gasteiger partial charge in [-0.2, -0.15) is 4.31 Å². The van der Waals surface area contributed by atoms with Crippen molar-refractivity contribution >= 4 is 33.4 Å². The second-order valence-corrected chi connectivity index (χ2v) is 10.2. The molecule has 0 atom stereocenters. The molecular weight excluding hydrogens is 473 g/mol. The van der Waals surface area contributed by atoms with Crippen molar-refractivity contribution in [2.75, 3.05) is 19.7 Å². The number of benzene rings is 2. The molecule has 2 aromatic carbocycles. The first kappa shape index (κ1) is 24.9. The Bertz CT molecular complexity index is 1150. The van der Waals surface area contributed by atoms with Crippen LogP contribution in [-0.2, 0) is 19.6 Å². The third kappa shape index (κ3) is 6.21. The summed E-state index contributed by atoms with van der Waals surface area (Å²) in [5, 5.41) is -0.275. The Morgan fingerprint density at radius 3 is 2.48 bits per heavy atom. The summed E-state index contributed by atoms with van der Waals surface area (Å²) in [6, 6.07) is 8.88. The largest absolute Gasteiger partial charge is 0.483 e. The predicted octanol–water partition coefficient (Wildman–Crippen LogP) is 2.72. The number of hydrogen-bond donors (Lipinski definition) is 2. The highest BCUT2D eigenvalue weighted by Gasteiger charge is 2.32. The Labute approximate surface area is 197 Å². The van der Waals surface area contributed by atoms with E-state index in [1.807, 2.05) is 32.0 Å². The fourth-order valence-electron chi connectivity index (χ4n) is 3.42. The van der Waals surface area contributed by atoms with Crippen LogP contribution in [0, 0.1) is 25.6 Å². The standard InChI is InChI=1S/C22H25ClFN3O5S/c1-14-3-4-15(2)20(11-14)32-13-21(28)25-26-22(29)16-7-9-27(10-8-16)33(30,31)17-5-6-19(24)18(23)12-17/h3-6,11-12,16H,7-10,13H2,1-2H3,(H,25,28)(H,26,29). The number of hydrogen-bond acceptors (Lipinski definition) is 5. The van der Waals surface area contributed by atoms with Crippen LogP contribution in [0.25, 0.3) is 0 Å². The van der Waals surface area contributed by atoms with Crippen LogP contribution < -0.4 is 15.6 Å². The minimum absolute atomic E-state index is 0.104. The molecule has 1 aliphatic heterocycles. The van der Waals surface area contributed by atoms with E-state index in [0.29, 0.717) is 5.75 Å². The molecule has 11 heteroatoms. The van der Waals surface area contributed by atoms with E-state index in [4.69, 9.17) is 16.3 Å². The lowest BCUT2D eigenvalue weighted by molar-refractivity contribution is -0.132. The van der Waals surface area contributed by atoms with E-state index in [9.17, 15) is 22.4 Å². The van der Waals surface area contributed by atoms with Gasteiger partial charge in [0.25, 0.3) is 5.91 Å². The zero-order valence-electron chi connectivity index (χ0n) is 18.2. The molecule has 2 amide bonds. The number of nitrogens with one attached hydrogen (secondary N) is 2. The minimum Gasteiger partial charge on any atom is -0.483 e. The molecule has 0 aliphatic carbocycles. The van der Waals surface area contributed by atoms with E-state index in [1.54, 1.807) is 0 Å². The second-order valence-electron chi connectivity index (χ2n) is 7.85. The monoisotopic (exact) mass is 497 g/mol. The molecular formula is C22H25ClFN3O5S. The van der Waals surface area contributed by atoms with Crippen LogP contribution in [0.5, 0.6) is 5.75 Å². The Morgan fingerprint density at radius 1 is 1.12 bits per heavy atom. The summed E-state index contributed by atoms with van der Waals surface area (Å²) in [4.78, 5) is 24.3. The average molecular weight is 498 g/mol. The maximum absolute atomic E-state index is 13.3. The van der Waals surface area contributed by atoms with Crippen LogP contribution >= 0.6 is 11.6 Å². The van der Waals surface area contributed by atoms with Crippen molar-refractivity contribution in [3.05, 3.63) is 58.4 Å². The van der Waals surface area contributed by atoms with E-state index >= 15 is 0 Å². The summed E-state index contributed by atoms with van der Waals surface area (Å²) < 4.78 is 45.6. The van der Waals surface area contributed by atoms with Gasteiger partial charge in [-0.25, -0.2) is 12.8 Å². The van der Waals surface area contributed by atoms with Gasteiger partial charge in [-0.15, -0.1) is 0 Å². The topological polar surface area (TPSA) is 105 Å². The lowest BCUT2D eigenvalue weighted by Crippen LogP contribution is -2.49. The average Bonchev–Trinajstić information content (AvgIpc) is 2.79. The Morgan fingerprint density at radius 2 is 1.82 bits per heavy atom. The van der Waals surface area contributed by atoms with Gasteiger partial charge >= 0.3 is 0 Å². The molecule has 1 heterocycles. The van der Waals surface area contributed by atoms with E-state index < -0.39 is 33.6 Å². The lowest BCUT2D eigenvalue weighted by atomic mass is 9.98. The zero-order chi connectivity index (χ0) is 24.2. The second kappa shape index (κ2) is 10.5. The quantitative estimate of drug-likeness (QED) is 0.597. The van der Waals surface area contributed by atoms with Crippen molar-refractivity contribution in [1.29, 1.82) is 0 Å². The maximum atomic E-state index is 13.3. The van der Waals surface area contributed by atoms with Crippen LogP contribution in [0.1, 0.15) is 24.0 Å². The highest BCUT2D eigenvalue weighted by atomic mass is 35.5. The fraction of sp³-hybridized carbons (Fsp3) is 0.364. The molecule has 0 bridgehead atoms. The molecule has 178 valence electrons. The van der Waals surface area contributed by atoms with Crippen LogP contribution in [0.2, 0.25) is 5.02 Å². The molecule has 0 unspecified atom stereocenters. The minimum atomic E-state index is -3.85. The normalized spacial score (nSPS) is 15.2. The molecule has 1 aliphatic rings. The molecule has 8 nitrogen and oxygen atoms in total. The molecule has 1 saturated heterocycles. The number of nitrogens with zero attached hydrogens (tertiary/aromatic N) is 1. The van der Waals surface area contributed by atoms with Crippen molar-refractivity contribution < 1.29 is 27.1 Å². The first-order valence-corrected chi connectivity index (χ1v) is 12.1. The van der Waals surface area contributed by atoms with Crippen LogP contribution in [-0.4, -0.2) is 44.2 Å². The number of sulfonamides is 1.